The van der Waals surface area contributed by atoms with E-state index in [1.54, 1.807) is 0 Å². The number of nitrogens with zero attached hydrogens (tertiary/aromatic N) is 1. The third kappa shape index (κ3) is 6.05. The molecule has 0 aromatic carbocycles. The fourth-order valence-electron chi connectivity index (χ4n) is 1.50. The molecule has 1 atom stereocenters. The van der Waals surface area contributed by atoms with Crippen LogP contribution >= 0.6 is 0 Å². The fraction of sp³-hybridized carbons (Fsp3) is 1.00. The molecule has 1 unspecified atom stereocenters. The number of hydrogen-bond acceptors (Lipinski definition) is 2. The van der Waals surface area contributed by atoms with E-state index < -0.39 is 0 Å². The van der Waals surface area contributed by atoms with Gasteiger partial charge in [-0.15, -0.1) is 0 Å². The molecule has 0 radical (unpaired) electrons. The Morgan fingerprint density at radius 3 is 2.23 bits per heavy atom. The van der Waals surface area contributed by atoms with Crippen LogP contribution in [0.15, 0.2) is 0 Å². The van der Waals surface area contributed by atoms with Crippen LogP contribution in [-0.4, -0.2) is 31.1 Å². The molecule has 0 aromatic heterocycles. The standard InChI is InChI=1S/C11H26N2/c1-5-6-11(9-12)13(4)8-7-10(2)3/h10-11H,5-9,12H2,1-4H3. The van der Waals surface area contributed by atoms with Crippen LogP contribution < -0.4 is 5.73 Å². The smallest absolute Gasteiger partial charge is 0.0215 e. The minimum Gasteiger partial charge on any atom is -0.329 e. The van der Waals surface area contributed by atoms with Gasteiger partial charge in [-0.05, 0) is 32.4 Å². The summed E-state index contributed by atoms with van der Waals surface area (Å²) < 4.78 is 0. The Bertz CT molecular complexity index is 113. The van der Waals surface area contributed by atoms with Crippen molar-refractivity contribution in [2.24, 2.45) is 11.7 Å². The van der Waals surface area contributed by atoms with Crippen molar-refractivity contribution in [3.63, 3.8) is 0 Å². The van der Waals surface area contributed by atoms with E-state index in [4.69, 9.17) is 5.73 Å². The lowest BCUT2D eigenvalue weighted by Gasteiger charge is -2.27. The van der Waals surface area contributed by atoms with Crippen molar-refractivity contribution < 1.29 is 0 Å². The molecule has 2 nitrogen and oxygen atoms in total. The SMILES string of the molecule is CCCC(CN)N(C)CCC(C)C. The van der Waals surface area contributed by atoms with Crippen molar-refractivity contribution in [1.29, 1.82) is 0 Å². The van der Waals surface area contributed by atoms with Gasteiger partial charge in [0.05, 0.1) is 0 Å². The molecule has 0 heterocycles. The van der Waals surface area contributed by atoms with Gasteiger partial charge in [0.2, 0.25) is 0 Å². The van der Waals surface area contributed by atoms with E-state index in [1.807, 2.05) is 0 Å². The Balaban J connectivity index is 3.69. The second-order valence-electron chi connectivity index (χ2n) is 4.34. The van der Waals surface area contributed by atoms with E-state index in [1.165, 1.54) is 25.8 Å². The Hall–Kier alpha value is -0.0800. The van der Waals surface area contributed by atoms with Gasteiger partial charge in [0.25, 0.3) is 0 Å². The zero-order valence-electron chi connectivity index (χ0n) is 9.71. The summed E-state index contributed by atoms with van der Waals surface area (Å²) in [5.41, 5.74) is 5.72. The fourth-order valence-corrected chi connectivity index (χ4v) is 1.50. The molecule has 80 valence electrons. The van der Waals surface area contributed by atoms with Crippen LogP contribution in [0.4, 0.5) is 0 Å². The molecule has 0 saturated heterocycles. The Morgan fingerprint density at radius 2 is 1.85 bits per heavy atom. The minimum atomic E-state index is 0.587. The molecule has 2 heteroatoms. The van der Waals surface area contributed by atoms with Gasteiger partial charge in [0, 0.05) is 12.6 Å². The molecule has 0 amide bonds. The van der Waals surface area contributed by atoms with Gasteiger partial charge in [-0.2, -0.15) is 0 Å². The van der Waals surface area contributed by atoms with E-state index in [9.17, 15) is 0 Å². The van der Waals surface area contributed by atoms with Crippen LogP contribution in [0.1, 0.15) is 40.0 Å². The second-order valence-corrected chi connectivity index (χ2v) is 4.34. The maximum absolute atomic E-state index is 5.72. The first-order valence-corrected chi connectivity index (χ1v) is 5.52. The first-order valence-electron chi connectivity index (χ1n) is 5.52. The molecule has 0 fully saturated rings. The normalized spacial score (nSPS) is 14.1. The highest BCUT2D eigenvalue weighted by atomic mass is 15.1. The molecule has 13 heavy (non-hydrogen) atoms. The average Bonchev–Trinajstić information content (AvgIpc) is 2.10. The van der Waals surface area contributed by atoms with E-state index >= 15 is 0 Å². The van der Waals surface area contributed by atoms with Gasteiger partial charge in [0.15, 0.2) is 0 Å². The highest BCUT2D eigenvalue weighted by molar-refractivity contribution is 4.69. The van der Waals surface area contributed by atoms with Crippen LogP contribution in [0.5, 0.6) is 0 Å². The van der Waals surface area contributed by atoms with Gasteiger partial charge < -0.3 is 10.6 Å². The summed E-state index contributed by atoms with van der Waals surface area (Å²) in [6.07, 6.45) is 3.73. The molecule has 0 spiro atoms. The molecular weight excluding hydrogens is 160 g/mol. The molecule has 0 aliphatic rings. The van der Waals surface area contributed by atoms with Crippen molar-refractivity contribution in [1.82, 2.24) is 4.90 Å². The first kappa shape index (κ1) is 12.9. The lowest BCUT2D eigenvalue weighted by atomic mass is 10.1. The summed E-state index contributed by atoms with van der Waals surface area (Å²) in [6.45, 7) is 8.73. The Labute approximate surface area is 83.5 Å². The predicted molar refractivity (Wildman–Crippen MR) is 59.8 cm³/mol. The molecule has 0 aliphatic heterocycles. The molecule has 2 N–H and O–H groups in total. The summed E-state index contributed by atoms with van der Waals surface area (Å²) >= 11 is 0. The maximum atomic E-state index is 5.72. The predicted octanol–water partition coefficient (Wildman–Crippen LogP) is 2.09. The van der Waals surface area contributed by atoms with Crippen molar-refractivity contribution >= 4 is 0 Å². The third-order valence-corrected chi connectivity index (χ3v) is 2.58. The summed E-state index contributed by atoms with van der Waals surface area (Å²) in [4.78, 5) is 2.41. The molecule has 0 saturated carbocycles. The van der Waals surface area contributed by atoms with Gasteiger partial charge in [-0.25, -0.2) is 0 Å². The topological polar surface area (TPSA) is 29.3 Å². The summed E-state index contributed by atoms with van der Waals surface area (Å²) in [5.74, 6) is 0.794. The van der Waals surface area contributed by atoms with Crippen LogP contribution in [0.3, 0.4) is 0 Å². The van der Waals surface area contributed by atoms with Crippen LogP contribution in [-0.2, 0) is 0 Å². The van der Waals surface area contributed by atoms with Crippen LogP contribution in [0.25, 0.3) is 0 Å². The van der Waals surface area contributed by atoms with E-state index in [-0.39, 0.29) is 0 Å². The highest BCUT2D eigenvalue weighted by Gasteiger charge is 2.11. The lowest BCUT2D eigenvalue weighted by Crippen LogP contribution is -2.38. The molecular formula is C11H26N2. The number of rotatable bonds is 7. The molecule has 0 aromatic rings. The zero-order valence-corrected chi connectivity index (χ0v) is 9.71. The number of likely N-dealkylation sites (N-methyl/N-ethyl adjacent to an activating group) is 1. The van der Waals surface area contributed by atoms with Crippen molar-refractivity contribution in [3.8, 4) is 0 Å². The lowest BCUT2D eigenvalue weighted by molar-refractivity contribution is 0.222. The second kappa shape index (κ2) is 7.34. The number of hydrogen-bond donors (Lipinski definition) is 1. The minimum absolute atomic E-state index is 0.587. The van der Waals surface area contributed by atoms with E-state index in [0.29, 0.717) is 6.04 Å². The highest BCUT2D eigenvalue weighted by Crippen LogP contribution is 2.07. The van der Waals surface area contributed by atoms with Gasteiger partial charge in [0.1, 0.15) is 0 Å². The summed E-state index contributed by atoms with van der Waals surface area (Å²) in [5, 5.41) is 0. The van der Waals surface area contributed by atoms with Crippen molar-refractivity contribution in [2.45, 2.75) is 46.1 Å². The summed E-state index contributed by atoms with van der Waals surface area (Å²) in [7, 11) is 2.19. The van der Waals surface area contributed by atoms with Crippen LogP contribution in [0, 0.1) is 5.92 Å². The quantitative estimate of drug-likeness (QED) is 0.659. The Morgan fingerprint density at radius 1 is 1.23 bits per heavy atom. The molecule has 0 rings (SSSR count). The zero-order chi connectivity index (χ0) is 10.3. The van der Waals surface area contributed by atoms with Gasteiger partial charge in [-0.1, -0.05) is 27.2 Å². The largest absolute Gasteiger partial charge is 0.329 e. The first-order chi connectivity index (χ1) is 6.11. The average molecular weight is 186 g/mol. The van der Waals surface area contributed by atoms with E-state index in [2.05, 4.69) is 32.7 Å². The van der Waals surface area contributed by atoms with E-state index in [0.717, 1.165) is 12.5 Å². The monoisotopic (exact) mass is 186 g/mol. The maximum Gasteiger partial charge on any atom is 0.0215 e. The third-order valence-electron chi connectivity index (χ3n) is 2.58. The number of nitrogens with two attached hydrogens (primary N) is 1. The van der Waals surface area contributed by atoms with Crippen LogP contribution in [0.2, 0.25) is 0 Å². The van der Waals surface area contributed by atoms with Crippen molar-refractivity contribution in [2.75, 3.05) is 20.1 Å². The van der Waals surface area contributed by atoms with Gasteiger partial charge >= 0.3 is 0 Å². The summed E-state index contributed by atoms with van der Waals surface area (Å²) in [6, 6.07) is 0.587. The Kier molecular flexibility index (Phi) is 7.29. The van der Waals surface area contributed by atoms with Crippen molar-refractivity contribution in [3.05, 3.63) is 0 Å². The molecule has 0 aliphatic carbocycles. The molecule has 0 bridgehead atoms. The van der Waals surface area contributed by atoms with Gasteiger partial charge in [-0.3, -0.25) is 0 Å².